The monoisotopic (exact) mass is 468 g/mol. The van der Waals surface area contributed by atoms with Crippen LogP contribution in [-0.4, -0.2) is 44.4 Å². The number of hydrogen-bond acceptors (Lipinski definition) is 4. The van der Waals surface area contributed by atoms with Gasteiger partial charge in [-0.2, -0.15) is 5.23 Å². The van der Waals surface area contributed by atoms with Gasteiger partial charge in [-0.15, -0.1) is 0 Å². The number of aromatic nitrogens is 1. The summed E-state index contributed by atoms with van der Waals surface area (Å²) in [7, 11) is 0. The SMILES string of the molecule is O=C1[C@@H]2Cc3c([nH]c4ccccc34)C(c3ccc([NH+]([O-])O)cc3)N2C(=O)CN1Cc1ccccc1. The molecule has 0 aliphatic carbocycles. The van der Waals surface area contributed by atoms with Gasteiger partial charge in [0.2, 0.25) is 11.8 Å². The van der Waals surface area contributed by atoms with Crippen molar-refractivity contribution in [2.24, 2.45) is 0 Å². The van der Waals surface area contributed by atoms with E-state index >= 15 is 0 Å². The van der Waals surface area contributed by atoms with Gasteiger partial charge in [-0.3, -0.25) is 9.59 Å². The third kappa shape index (κ3) is 3.59. The maximum Gasteiger partial charge on any atom is 0.246 e. The number of carbonyl (C=O) groups is 2. The van der Waals surface area contributed by atoms with E-state index in [0.29, 0.717) is 13.0 Å². The van der Waals surface area contributed by atoms with E-state index in [2.05, 4.69) is 4.98 Å². The van der Waals surface area contributed by atoms with Crippen molar-refractivity contribution < 1.29 is 20.0 Å². The van der Waals surface area contributed by atoms with Crippen molar-refractivity contribution >= 4 is 28.4 Å². The molecule has 2 unspecified atom stereocenters. The Labute approximate surface area is 201 Å². The first-order valence-electron chi connectivity index (χ1n) is 11.6. The van der Waals surface area contributed by atoms with Crippen LogP contribution in [-0.2, 0) is 22.6 Å². The number of benzene rings is 3. The molecule has 4 aromatic rings. The highest BCUT2D eigenvalue weighted by atomic mass is 16.8. The largest absolute Gasteiger partial charge is 0.595 e. The molecule has 3 N–H and O–H groups in total. The quantitative estimate of drug-likeness (QED) is 0.400. The number of nitrogens with zero attached hydrogens (tertiary/aromatic N) is 2. The Hall–Kier alpha value is -3.98. The molecule has 3 aromatic carbocycles. The summed E-state index contributed by atoms with van der Waals surface area (Å²) >= 11 is 0. The van der Waals surface area contributed by atoms with Crippen LogP contribution in [0.4, 0.5) is 5.69 Å². The molecule has 6 rings (SSSR count). The van der Waals surface area contributed by atoms with Gasteiger partial charge in [0, 0.05) is 41.7 Å². The molecule has 0 bridgehead atoms. The fourth-order valence-electron chi connectivity index (χ4n) is 5.42. The lowest BCUT2D eigenvalue weighted by molar-refractivity contribution is -0.991. The Kier molecular flexibility index (Phi) is 5.14. The molecule has 2 aliphatic heterocycles. The van der Waals surface area contributed by atoms with Crippen molar-refractivity contribution in [2.75, 3.05) is 6.54 Å². The maximum absolute atomic E-state index is 13.7. The molecule has 0 saturated carbocycles. The van der Waals surface area contributed by atoms with Crippen molar-refractivity contribution in [3.05, 3.63) is 106 Å². The molecule has 1 aromatic heterocycles. The van der Waals surface area contributed by atoms with Gasteiger partial charge < -0.3 is 20.0 Å². The van der Waals surface area contributed by atoms with Crippen molar-refractivity contribution in [2.45, 2.75) is 25.0 Å². The zero-order valence-electron chi connectivity index (χ0n) is 18.8. The second-order valence-electron chi connectivity index (χ2n) is 9.09. The third-order valence-electron chi connectivity index (χ3n) is 7.03. The highest BCUT2D eigenvalue weighted by molar-refractivity contribution is 5.97. The van der Waals surface area contributed by atoms with Gasteiger partial charge in [-0.05, 0) is 22.8 Å². The van der Waals surface area contributed by atoms with E-state index in [1.807, 2.05) is 54.6 Å². The molecule has 1 fully saturated rings. The Morgan fingerprint density at radius 1 is 0.971 bits per heavy atom. The molecule has 8 nitrogen and oxygen atoms in total. The maximum atomic E-state index is 13.7. The molecular formula is C27H24N4O4. The fraction of sp³-hybridized carbons (Fsp3) is 0.185. The Morgan fingerprint density at radius 2 is 1.69 bits per heavy atom. The van der Waals surface area contributed by atoms with Gasteiger partial charge in [-0.1, -0.05) is 60.7 Å². The summed E-state index contributed by atoms with van der Waals surface area (Å²) in [6.07, 6.45) is 0.429. The van der Waals surface area contributed by atoms with Crippen LogP contribution in [0.5, 0.6) is 0 Å². The van der Waals surface area contributed by atoms with Crippen LogP contribution < -0.4 is 5.23 Å². The van der Waals surface area contributed by atoms with Gasteiger partial charge in [0.05, 0.1) is 6.04 Å². The number of piperazine rings is 1. The Morgan fingerprint density at radius 3 is 2.43 bits per heavy atom. The van der Waals surface area contributed by atoms with Crippen LogP contribution >= 0.6 is 0 Å². The summed E-state index contributed by atoms with van der Waals surface area (Å²) in [5, 5.41) is 20.8. The van der Waals surface area contributed by atoms with Crippen LogP contribution in [0.1, 0.15) is 28.4 Å². The first-order valence-corrected chi connectivity index (χ1v) is 11.6. The number of aromatic amines is 1. The summed E-state index contributed by atoms with van der Waals surface area (Å²) < 4.78 is 0. The lowest BCUT2D eigenvalue weighted by atomic mass is 9.86. The van der Waals surface area contributed by atoms with E-state index in [0.717, 1.165) is 33.3 Å². The lowest BCUT2D eigenvalue weighted by Crippen LogP contribution is -2.99. The number of hydrogen-bond donors (Lipinski definition) is 3. The van der Waals surface area contributed by atoms with Crippen molar-refractivity contribution in [1.29, 1.82) is 0 Å². The van der Waals surface area contributed by atoms with E-state index in [1.165, 1.54) is 0 Å². The van der Waals surface area contributed by atoms with Gasteiger partial charge in [-0.25, -0.2) is 5.21 Å². The molecule has 8 heteroatoms. The minimum atomic E-state index is -1.01. The average molecular weight is 469 g/mol. The second kappa shape index (κ2) is 8.35. The number of nitrogens with one attached hydrogen (secondary N) is 2. The number of amides is 2. The molecule has 2 amide bonds. The summed E-state index contributed by atoms with van der Waals surface area (Å²) in [4.78, 5) is 34.1. The van der Waals surface area contributed by atoms with E-state index in [4.69, 9.17) is 0 Å². The molecular weight excluding hydrogens is 444 g/mol. The number of H-pyrrole nitrogens is 1. The van der Waals surface area contributed by atoms with E-state index in [-0.39, 0.29) is 24.0 Å². The first-order chi connectivity index (χ1) is 17.0. The number of para-hydroxylation sites is 1. The van der Waals surface area contributed by atoms with Crippen LogP contribution in [0, 0.1) is 5.21 Å². The zero-order chi connectivity index (χ0) is 24.1. The van der Waals surface area contributed by atoms with Crippen molar-refractivity contribution in [3.63, 3.8) is 0 Å². The third-order valence-corrected chi connectivity index (χ3v) is 7.03. The molecule has 3 heterocycles. The minimum absolute atomic E-state index is 0.00347. The number of fused-ring (bicyclic) bond motifs is 4. The van der Waals surface area contributed by atoms with Gasteiger partial charge >= 0.3 is 0 Å². The molecule has 176 valence electrons. The molecule has 35 heavy (non-hydrogen) atoms. The standard InChI is InChI=1S/C27H24N4O4/c32-24-16-29(15-17-6-2-1-3-7-17)27(33)23-14-21-20-8-4-5-9-22(20)28-25(21)26(30(23)24)18-10-12-19(13-11-18)31(34)35/h1-13,23,26,28,31,34H,14-16H2/t23-,26?/m0/s1. The average Bonchev–Trinajstić information content (AvgIpc) is 3.25. The minimum Gasteiger partial charge on any atom is -0.595 e. The second-order valence-corrected chi connectivity index (χ2v) is 9.09. The van der Waals surface area contributed by atoms with Gasteiger partial charge in [0.25, 0.3) is 0 Å². The van der Waals surface area contributed by atoms with E-state index < -0.39 is 17.3 Å². The van der Waals surface area contributed by atoms with E-state index in [9.17, 15) is 20.0 Å². The zero-order valence-corrected chi connectivity index (χ0v) is 18.8. The summed E-state index contributed by atoms with van der Waals surface area (Å²) in [6, 6.07) is 23.0. The molecule has 1 saturated heterocycles. The Balaban J connectivity index is 1.45. The number of rotatable bonds is 4. The predicted molar refractivity (Wildman–Crippen MR) is 129 cm³/mol. The lowest BCUT2D eigenvalue weighted by Gasteiger charge is -2.47. The van der Waals surface area contributed by atoms with E-state index in [1.54, 1.807) is 34.1 Å². The smallest absolute Gasteiger partial charge is 0.246 e. The highest BCUT2D eigenvalue weighted by Crippen LogP contribution is 2.42. The molecule has 3 atom stereocenters. The Bertz CT molecular complexity index is 1410. The van der Waals surface area contributed by atoms with Gasteiger partial charge in [0.1, 0.15) is 12.6 Å². The summed E-state index contributed by atoms with van der Waals surface area (Å²) in [6.45, 7) is 0.387. The van der Waals surface area contributed by atoms with Crippen LogP contribution in [0.3, 0.4) is 0 Å². The number of quaternary nitrogens is 1. The summed E-state index contributed by atoms with van der Waals surface area (Å²) in [5.74, 6) is -0.196. The van der Waals surface area contributed by atoms with Gasteiger partial charge in [0.15, 0.2) is 5.69 Å². The highest BCUT2D eigenvalue weighted by Gasteiger charge is 2.48. The summed E-state index contributed by atoms with van der Waals surface area (Å²) in [5.41, 5.74) is 4.77. The fourth-order valence-corrected chi connectivity index (χ4v) is 5.42. The normalized spacial score (nSPS) is 20.6. The first kappa shape index (κ1) is 21.5. The van der Waals surface area contributed by atoms with Crippen molar-refractivity contribution in [1.82, 2.24) is 14.8 Å². The predicted octanol–water partition coefficient (Wildman–Crippen LogP) is 2.46. The molecule has 0 spiro atoms. The van der Waals surface area contributed by atoms with Crippen LogP contribution in [0.25, 0.3) is 10.9 Å². The molecule has 0 radical (unpaired) electrons. The topological polar surface area (TPSA) is 104 Å². The van der Waals surface area contributed by atoms with Crippen LogP contribution in [0.2, 0.25) is 0 Å². The van der Waals surface area contributed by atoms with Crippen LogP contribution in [0.15, 0.2) is 78.9 Å². The number of carbonyl (C=O) groups excluding carboxylic acids is 2. The molecule has 2 aliphatic rings. The van der Waals surface area contributed by atoms with Crippen molar-refractivity contribution in [3.8, 4) is 0 Å².